The normalized spacial score (nSPS) is 13.3. The first-order valence-corrected chi connectivity index (χ1v) is 8.25. The largest absolute Gasteiger partial charge is 0.415 e. The van der Waals surface area contributed by atoms with Crippen molar-refractivity contribution in [1.82, 2.24) is 4.90 Å². The zero-order chi connectivity index (χ0) is 16.9. The number of anilines is 2. The molecule has 0 radical (unpaired) electrons. The Morgan fingerprint density at radius 3 is 2.83 bits per heavy atom. The molecule has 0 aliphatic carbocycles. The van der Waals surface area contributed by atoms with E-state index in [2.05, 4.69) is 11.0 Å². The van der Waals surface area contributed by atoms with Gasteiger partial charge in [-0.1, -0.05) is 24.3 Å². The van der Waals surface area contributed by atoms with Crippen molar-refractivity contribution in [3.63, 3.8) is 0 Å². The van der Waals surface area contributed by atoms with Crippen molar-refractivity contribution in [3.8, 4) is 5.75 Å². The number of hydrogen-bond donors (Lipinski definition) is 1. The zero-order valence-corrected chi connectivity index (χ0v) is 13.9. The van der Waals surface area contributed by atoms with Crippen LogP contribution in [0.5, 0.6) is 5.75 Å². The molecule has 1 aliphatic heterocycles. The van der Waals surface area contributed by atoms with Crippen LogP contribution in [0.1, 0.15) is 12.0 Å². The summed E-state index contributed by atoms with van der Waals surface area (Å²) in [4.78, 5) is 16.0. The molecule has 5 nitrogen and oxygen atoms in total. The molecule has 0 saturated heterocycles. The lowest BCUT2D eigenvalue weighted by Crippen LogP contribution is -2.39. The minimum absolute atomic E-state index is 0.342. The van der Waals surface area contributed by atoms with Gasteiger partial charge in [-0.15, -0.1) is 0 Å². The van der Waals surface area contributed by atoms with Crippen LogP contribution in [0, 0.1) is 0 Å². The first-order chi connectivity index (χ1) is 11.6. The van der Waals surface area contributed by atoms with Gasteiger partial charge in [0.25, 0.3) is 0 Å². The fourth-order valence-electron chi connectivity index (χ4n) is 2.93. The molecule has 0 fully saturated rings. The number of ether oxygens (including phenoxy) is 1. The summed E-state index contributed by atoms with van der Waals surface area (Å²) >= 11 is 0. The minimum atomic E-state index is -0.342. The quantitative estimate of drug-likeness (QED) is 0.877. The first kappa shape index (κ1) is 16.2. The maximum absolute atomic E-state index is 12.2. The molecule has 0 unspecified atom stereocenters. The van der Waals surface area contributed by atoms with E-state index in [1.54, 1.807) is 24.1 Å². The highest BCUT2D eigenvalue weighted by atomic mass is 16.6. The number of nitrogens with two attached hydrogens (primary N) is 1. The van der Waals surface area contributed by atoms with Crippen molar-refractivity contribution >= 4 is 17.5 Å². The van der Waals surface area contributed by atoms with E-state index in [-0.39, 0.29) is 6.09 Å². The summed E-state index contributed by atoms with van der Waals surface area (Å²) in [6.45, 7) is 2.34. The highest BCUT2D eigenvalue weighted by Crippen LogP contribution is 2.28. The molecule has 1 amide bonds. The van der Waals surface area contributed by atoms with E-state index < -0.39 is 0 Å². The number of fused-ring (bicyclic) bond motifs is 1. The number of carbonyl (C=O) groups is 1. The number of nitrogens with zero attached hydrogens (tertiary/aromatic N) is 2. The number of rotatable bonds is 4. The summed E-state index contributed by atoms with van der Waals surface area (Å²) in [5, 5.41) is 0. The number of nitrogen functional groups attached to an aromatic ring is 1. The van der Waals surface area contributed by atoms with Gasteiger partial charge in [-0.05, 0) is 42.7 Å². The third-order valence-corrected chi connectivity index (χ3v) is 4.29. The zero-order valence-electron chi connectivity index (χ0n) is 13.9. The standard InChI is InChI=1S/C19H23N3O2/c1-21(19(23)24-17-7-3-2-4-8-17)12-13-22-11-5-6-15-9-10-16(20)14-18(15)22/h2-4,7-10,14H,5-6,11-13,20H2,1H3. The van der Waals surface area contributed by atoms with Crippen molar-refractivity contribution < 1.29 is 9.53 Å². The van der Waals surface area contributed by atoms with Crippen molar-refractivity contribution in [2.24, 2.45) is 0 Å². The molecular formula is C19H23N3O2. The van der Waals surface area contributed by atoms with Crippen molar-refractivity contribution in [1.29, 1.82) is 0 Å². The second-order valence-electron chi connectivity index (χ2n) is 6.08. The highest BCUT2D eigenvalue weighted by molar-refractivity contribution is 5.70. The Hall–Kier alpha value is -2.69. The summed E-state index contributed by atoms with van der Waals surface area (Å²) in [6.07, 6.45) is 1.86. The van der Waals surface area contributed by atoms with E-state index in [4.69, 9.17) is 10.5 Å². The van der Waals surface area contributed by atoms with Crippen LogP contribution < -0.4 is 15.4 Å². The topological polar surface area (TPSA) is 58.8 Å². The third kappa shape index (κ3) is 3.79. The Morgan fingerprint density at radius 2 is 2.04 bits per heavy atom. The average Bonchev–Trinajstić information content (AvgIpc) is 2.60. The Balaban J connectivity index is 1.58. The number of para-hydroxylation sites is 1. The number of hydrogen-bond acceptors (Lipinski definition) is 4. The van der Waals surface area contributed by atoms with Gasteiger partial charge in [-0.2, -0.15) is 0 Å². The average molecular weight is 325 g/mol. The Morgan fingerprint density at radius 1 is 1.25 bits per heavy atom. The van der Waals surface area contributed by atoms with Crippen LogP contribution in [0.2, 0.25) is 0 Å². The molecule has 0 bridgehead atoms. The number of carbonyl (C=O) groups excluding carboxylic acids is 1. The lowest BCUT2D eigenvalue weighted by molar-refractivity contribution is 0.164. The molecule has 2 aromatic rings. The third-order valence-electron chi connectivity index (χ3n) is 4.29. The molecule has 1 aliphatic rings. The SMILES string of the molecule is CN(CCN1CCCc2ccc(N)cc21)C(=O)Oc1ccccc1. The monoisotopic (exact) mass is 325 g/mol. The lowest BCUT2D eigenvalue weighted by Gasteiger charge is -2.32. The summed E-state index contributed by atoms with van der Waals surface area (Å²) in [5.74, 6) is 0.561. The Bertz CT molecular complexity index is 703. The molecule has 0 aromatic heterocycles. The van der Waals surface area contributed by atoms with Gasteiger partial charge in [0.15, 0.2) is 0 Å². The van der Waals surface area contributed by atoms with E-state index in [1.807, 2.05) is 30.3 Å². The predicted molar refractivity (Wildman–Crippen MR) is 96.5 cm³/mol. The van der Waals surface area contributed by atoms with Gasteiger partial charge in [0.2, 0.25) is 0 Å². The van der Waals surface area contributed by atoms with E-state index in [0.717, 1.165) is 31.6 Å². The van der Waals surface area contributed by atoms with E-state index in [0.29, 0.717) is 12.3 Å². The fraction of sp³-hybridized carbons (Fsp3) is 0.316. The molecule has 24 heavy (non-hydrogen) atoms. The second kappa shape index (κ2) is 7.25. The smallest absolute Gasteiger partial charge is 0.410 e. The van der Waals surface area contributed by atoms with Gasteiger partial charge >= 0.3 is 6.09 Å². The number of amides is 1. The summed E-state index contributed by atoms with van der Waals surface area (Å²) < 4.78 is 5.35. The van der Waals surface area contributed by atoms with Gasteiger partial charge in [-0.3, -0.25) is 0 Å². The lowest BCUT2D eigenvalue weighted by atomic mass is 10.0. The summed E-state index contributed by atoms with van der Waals surface area (Å²) in [5.41, 5.74) is 9.21. The molecule has 126 valence electrons. The highest BCUT2D eigenvalue weighted by Gasteiger charge is 2.18. The number of benzene rings is 2. The van der Waals surface area contributed by atoms with Crippen LogP contribution in [-0.4, -0.2) is 37.7 Å². The molecule has 3 rings (SSSR count). The van der Waals surface area contributed by atoms with Crippen LogP contribution in [-0.2, 0) is 6.42 Å². The molecule has 5 heteroatoms. The maximum atomic E-state index is 12.2. The molecule has 0 spiro atoms. The molecular weight excluding hydrogens is 302 g/mol. The van der Waals surface area contributed by atoms with Gasteiger partial charge < -0.3 is 20.3 Å². The van der Waals surface area contributed by atoms with Crippen molar-refractivity contribution in [2.45, 2.75) is 12.8 Å². The molecule has 2 N–H and O–H groups in total. The van der Waals surface area contributed by atoms with Gasteiger partial charge in [0.05, 0.1) is 0 Å². The Kier molecular flexibility index (Phi) is 4.89. The van der Waals surface area contributed by atoms with Gasteiger partial charge in [-0.25, -0.2) is 4.79 Å². The molecule has 0 saturated carbocycles. The van der Waals surface area contributed by atoms with Crippen LogP contribution in [0.3, 0.4) is 0 Å². The minimum Gasteiger partial charge on any atom is -0.410 e. The summed E-state index contributed by atoms with van der Waals surface area (Å²) in [7, 11) is 1.76. The van der Waals surface area contributed by atoms with Crippen molar-refractivity contribution in [3.05, 3.63) is 54.1 Å². The maximum Gasteiger partial charge on any atom is 0.415 e. The van der Waals surface area contributed by atoms with E-state index in [9.17, 15) is 4.79 Å². The van der Waals surface area contributed by atoms with Crippen LogP contribution in [0.25, 0.3) is 0 Å². The fourth-order valence-corrected chi connectivity index (χ4v) is 2.93. The molecule has 2 aromatic carbocycles. The van der Waals surface area contributed by atoms with Gasteiger partial charge in [0, 0.05) is 38.1 Å². The Labute approximate surface area is 142 Å². The first-order valence-electron chi connectivity index (χ1n) is 8.25. The predicted octanol–water partition coefficient (Wildman–Crippen LogP) is 3.15. The van der Waals surface area contributed by atoms with E-state index >= 15 is 0 Å². The number of likely N-dealkylation sites (N-methyl/N-ethyl adjacent to an activating group) is 1. The second-order valence-corrected chi connectivity index (χ2v) is 6.08. The molecule has 0 atom stereocenters. The van der Waals surface area contributed by atoms with Crippen molar-refractivity contribution in [2.75, 3.05) is 37.3 Å². The summed E-state index contributed by atoms with van der Waals surface area (Å²) in [6, 6.07) is 15.2. The number of aryl methyl sites for hydroxylation is 1. The van der Waals surface area contributed by atoms with Crippen LogP contribution in [0.15, 0.2) is 48.5 Å². The molecule has 1 heterocycles. The van der Waals surface area contributed by atoms with E-state index in [1.165, 1.54) is 11.3 Å². The van der Waals surface area contributed by atoms with Crippen LogP contribution >= 0.6 is 0 Å². The van der Waals surface area contributed by atoms with Gasteiger partial charge in [0.1, 0.15) is 5.75 Å². The van der Waals surface area contributed by atoms with Crippen LogP contribution in [0.4, 0.5) is 16.2 Å².